The lowest BCUT2D eigenvalue weighted by Gasteiger charge is -2.18. The van der Waals surface area contributed by atoms with Gasteiger partial charge in [0.05, 0.1) is 18.1 Å². The summed E-state index contributed by atoms with van der Waals surface area (Å²) < 4.78 is 35.9. The molecule has 0 saturated carbocycles. The van der Waals surface area contributed by atoms with Gasteiger partial charge in [0, 0.05) is 12.5 Å². The standard InChI is InChI=1S/C14H18O6S/c1-9(2)13(14(15)16)21(17,18)10-4-5-11-12(8-10)20-7-3-6-19-11/h4-5,8-9,13H,3,6-7H2,1-2H3,(H,15,16). The number of fused-ring (bicyclic) bond motifs is 1. The molecule has 0 radical (unpaired) electrons. The molecule has 0 bridgehead atoms. The average Bonchev–Trinajstić information content (AvgIpc) is 2.61. The molecule has 21 heavy (non-hydrogen) atoms. The van der Waals surface area contributed by atoms with E-state index in [1.807, 2.05) is 0 Å². The largest absolute Gasteiger partial charge is 0.490 e. The normalized spacial score (nSPS) is 16.3. The van der Waals surface area contributed by atoms with E-state index in [2.05, 4.69) is 0 Å². The molecule has 0 spiro atoms. The molecular formula is C14H18O6S. The van der Waals surface area contributed by atoms with Crippen molar-refractivity contribution in [2.45, 2.75) is 30.4 Å². The van der Waals surface area contributed by atoms with E-state index in [-0.39, 0.29) is 4.90 Å². The lowest BCUT2D eigenvalue weighted by molar-refractivity contribution is -0.137. The van der Waals surface area contributed by atoms with E-state index in [0.717, 1.165) is 0 Å². The van der Waals surface area contributed by atoms with Gasteiger partial charge < -0.3 is 14.6 Å². The van der Waals surface area contributed by atoms with Crippen LogP contribution in [0.5, 0.6) is 11.5 Å². The third-order valence-electron chi connectivity index (χ3n) is 3.23. The average molecular weight is 314 g/mol. The highest BCUT2D eigenvalue weighted by Gasteiger charge is 2.37. The summed E-state index contributed by atoms with van der Waals surface area (Å²) >= 11 is 0. The minimum atomic E-state index is -3.98. The minimum absolute atomic E-state index is 0.0622. The lowest BCUT2D eigenvalue weighted by Crippen LogP contribution is -2.35. The first-order chi connectivity index (χ1) is 9.84. The number of hydrogen-bond acceptors (Lipinski definition) is 5. The monoisotopic (exact) mass is 314 g/mol. The Morgan fingerprint density at radius 3 is 2.38 bits per heavy atom. The zero-order valence-corrected chi connectivity index (χ0v) is 12.7. The van der Waals surface area contributed by atoms with Crippen molar-refractivity contribution in [1.82, 2.24) is 0 Å². The molecule has 7 heteroatoms. The Morgan fingerprint density at radius 1 is 1.19 bits per heavy atom. The number of carbonyl (C=O) groups is 1. The summed E-state index contributed by atoms with van der Waals surface area (Å²) in [5, 5.41) is 7.70. The summed E-state index contributed by atoms with van der Waals surface area (Å²) in [7, 11) is -3.98. The first-order valence-corrected chi connectivity index (χ1v) is 8.25. The maximum Gasteiger partial charge on any atom is 0.322 e. The third kappa shape index (κ3) is 3.12. The minimum Gasteiger partial charge on any atom is -0.490 e. The highest BCUT2D eigenvalue weighted by atomic mass is 32.2. The van der Waals surface area contributed by atoms with Crippen LogP contribution in [-0.4, -0.2) is 38.0 Å². The van der Waals surface area contributed by atoms with E-state index in [4.69, 9.17) is 9.47 Å². The van der Waals surface area contributed by atoms with Gasteiger partial charge in [-0.25, -0.2) is 8.42 Å². The van der Waals surface area contributed by atoms with E-state index in [1.165, 1.54) is 18.2 Å². The summed E-state index contributed by atoms with van der Waals surface area (Å²) in [6.07, 6.45) is 0.709. The fourth-order valence-electron chi connectivity index (χ4n) is 2.24. The van der Waals surface area contributed by atoms with Gasteiger partial charge >= 0.3 is 5.97 Å². The van der Waals surface area contributed by atoms with Crippen molar-refractivity contribution in [1.29, 1.82) is 0 Å². The molecule has 0 amide bonds. The quantitative estimate of drug-likeness (QED) is 0.910. The van der Waals surface area contributed by atoms with Gasteiger partial charge in [0.1, 0.15) is 0 Å². The Kier molecular flexibility index (Phi) is 4.41. The fraction of sp³-hybridized carbons (Fsp3) is 0.500. The van der Waals surface area contributed by atoms with E-state index < -0.39 is 27.0 Å². The lowest BCUT2D eigenvalue weighted by atomic mass is 10.1. The molecule has 6 nitrogen and oxygen atoms in total. The molecule has 0 aromatic heterocycles. The van der Waals surface area contributed by atoms with Gasteiger partial charge in [-0.2, -0.15) is 0 Å². The van der Waals surface area contributed by atoms with Crippen molar-refractivity contribution >= 4 is 15.8 Å². The second-order valence-electron chi connectivity index (χ2n) is 5.21. The highest BCUT2D eigenvalue weighted by molar-refractivity contribution is 7.92. The molecule has 1 unspecified atom stereocenters. The second kappa shape index (κ2) is 5.93. The summed E-state index contributed by atoms with van der Waals surface area (Å²) in [6.45, 7) is 4.07. The number of hydrogen-bond donors (Lipinski definition) is 1. The molecule has 1 aliphatic rings. The van der Waals surface area contributed by atoms with Crippen LogP contribution in [-0.2, 0) is 14.6 Å². The number of aliphatic carboxylic acids is 1. The molecule has 1 aliphatic heterocycles. The Hall–Kier alpha value is -1.76. The molecule has 0 fully saturated rings. The number of benzene rings is 1. The van der Waals surface area contributed by atoms with Gasteiger partial charge in [-0.15, -0.1) is 0 Å². The zero-order valence-electron chi connectivity index (χ0n) is 11.9. The molecule has 116 valence electrons. The second-order valence-corrected chi connectivity index (χ2v) is 7.28. The van der Waals surface area contributed by atoms with Crippen LogP contribution < -0.4 is 9.47 Å². The van der Waals surface area contributed by atoms with Crippen LogP contribution in [0.4, 0.5) is 0 Å². The third-order valence-corrected chi connectivity index (χ3v) is 5.56. The Balaban J connectivity index is 2.45. The molecule has 1 aromatic rings. The number of sulfone groups is 1. The Bertz CT molecular complexity index is 635. The highest BCUT2D eigenvalue weighted by Crippen LogP contribution is 2.33. The predicted octanol–water partition coefficient (Wildman–Crippen LogP) is 1.73. The van der Waals surface area contributed by atoms with Crippen molar-refractivity contribution < 1.29 is 27.8 Å². The maximum absolute atomic E-state index is 12.5. The Labute approximate surface area is 123 Å². The number of carboxylic acids is 1. The first-order valence-electron chi connectivity index (χ1n) is 6.70. The maximum atomic E-state index is 12.5. The SMILES string of the molecule is CC(C)C(C(=O)O)S(=O)(=O)c1ccc2c(c1)OCCCO2. The van der Waals surface area contributed by atoms with Gasteiger partial charge in [-0.3, -0.25) is 4.79 Å². The van der Waals surface area contributed by atoms with Crippen molar-refractivity contribution in [2.75, 3.05) is 13.2 Å². The van der Waals surface area contributed by atoms with Crippen LogP contribution in [0.1, 0.15) is 20.3 Å². The van der Waals surface area contributed by atoms with Gasteiger partial charge in [0.25, 0.3) is 0 Å². The van der Waals surface area contributed by atoms with Crippen molar-refractivity contribution in [2.24, 2.45) is 5.92 Å². The molecule has 1 aromatic carbocycles. The topological polar surface area (TPSA) is 89.9 Å². The molecular weight excluding hydrogens is 296 g/mol. The fourth-order valence-corrected chi connectivity index (χ4v) is 4.05. The van der Waals surface area contributed by atoms with Crippen LogP contribution in [0.2, 0.25) is 0 Å². The molecule has 1 N–H and O–H groups in total. The van der Waals surface area contributed by atoms with E-state index in [0.29, 0.717) is 31.1 Å². The summed E-state index contributed by atoms with van der Waals surface area (Å²) in [5.41, 5.74) is 0. The van der Waals surface area contributed by atoms with Crippen LogP contribution in [0.15, 0.2) is 23.1 Å². The van der Waals surface area contributed by atoms with Crippen molar-refractivity contribution in [3.63, 3.8) is 0 Å². The molecule has 0 aliphatic carbocycles. The van der Waals surface area contributed by atoms with Crippen LogP contribution >= 0.6 is 0 Å². The summed E-state index contributed by atoms with van der Waals surface area (Å²) in [5.74, 6) is -1.08. The van der Waals surface area contributed by atoms with Crippen LogP contribution in [0.25, 0.3) is 0 Å². The van der Waals surface area contributed by atoms with Gasteiger partial charge in [0.15, 0.2) is 26.6 Å². The molecule has 1 atom stereocenters. The predicted molar refractivity (Wildman–Crippen MR) is 75.5 cm³/mol. The van der Waals surface area contributed by atoms with E-state index in [9.17, 15) is 18.3 Å². The van der Waals surface area contributed by atoms with Crippen LogP contribution in [0.3, 0.4) is 0 Å². The Morgan fingerprint density at radius 2 is 1.81 bits per heavy atom. The van der Waals surface area contributed by atoms with Gasteiger partial charge in [0.2, 0.25) is 0 Å². The number of ether oxygens (including phenoxy) is 2. The first kappa shape index (κ1) is 15.6. The van der Waals surface area contributed by atoms with Crippen molar-refractivity contribution in [3.05, 3.63) is 18.2 Å². The number of carboxylic acid groups (broad SMARTS) is 1. The van der Waals surface area contributed by atoms with Crippen molar-refractivity contribution in [3.8, 4) is 11.5 Å². The van der Waals surface area contributed by atoms with Crippen LogP contribution in [0, 0.1) is 5.92 Å². The molecule has 0 saturated heterocycles. The zero-order chi connectivity index (χ0) is 15.6. The van der Waals surface area contributed by atoms with E-state index >= 15 is 0 Å². The molecule has 2 rings (SSSR count). The molecule has 1 heterocycles. The smallest absolute Gasteiger partial charge is 0.322 e. The van der Waals surface area contributed by atoms with Gasteiger partial charge in [-0.1, -0.05) is 13.8 Å². The summed E-state index contributed by atoms with van der Waals surface area (Å²) in [4.78, 5) is 11.2. The summed E-state index contributed by atoms with van der Waals surface area (Å²) in [6, 6.07) is 4.21. The van der Waals surface area contributed by atoms with Gasteiger partial charge in [-0.05, 0) is 18.1 Å². The van der Waals surface area contributed by atoms with E-state index in [1.54, 1.807) is 13.8 Å². The number of rotatable bonds is 4.